The molecule has 4 rings (SSSR count). The van der Waals surface area contributed by atoms with Crippen LogP contribution in [0.3, 0.4) is 0 Å². The zero-order valence-electron chi connectivity index (χ0n) is 18.5. The number of aliphatic hydroxyl groups excluding tert-OH is 4. The Morgan fingerprint density at radius 2 is 1.71 bits per heavy atom. The summed E-state index contributed by atoms with van der Waals surface area (Å²) in [5.41, 5.74) is 4.03. The number of piperidine rings is 1. The molecular weight excluding hydrogens is 434 g/mol. The van der Waals surface area contributed by atoms with Crippen LogP contribution in [-0.2, 0) is 13.1 Å². The first-order valence-electron chi connectivity index (χ1n) is 11.0. The van der Waals surface area contributed by atoms with Gasteiger partial charge >= 0.3 is 0 Å². The van der Waals surface area contributed by atoms with Gasteiger partial charge in [0.15, 0.2) is 5.82 Å². The predicted octanol–water partition coefficient (Wildman–Crippen LogP) is 0.887. The SMILES string of the molecule is N#Cc1cc(NCc2ccc(CN3C[C@H](O)[C@@H](O)[C@H](O)[C@H]3CO)cc2)cc(-c2ncccn2)c1. The molecule has 3 aromatic rings. The Morgan fingerprint density at radius 3 is 2.38 bits per heavy atom. The molecule has 0 bridgehead atoms. The van der Waals surface area contributed by atoms with Crippen molar-refractivity contribution in [3.63, 3.8) is 0 Å². The topological polar surface area (TPSA) is 146 Å². The fourth-order valence-electron chi connectivity index (χ4n) is 4.13. The lowest BCUT2D eigenvalue weighted by atomic mass is 9.93. The van der Waals surface area contributed by atoms with Crippen molar-refractivity contribution >= 4 is 5.69 Å². The van der Waals surface area contributed by atoms with Crippen molar-refractivity contribution in [3.05, 3.63) is 77.6 Å². The molecule has 0 spiro atoms. The van der Waals surface area contributed by atoms with Crippen molar-refractivity contribution in [1.29, 1.82) is 5.26 Å². The van der Waals surface area contributed by atoms with Crippen LogP contribution in [0.5, 0.6) is 0 Å². The van der Waals surface area contributed by atoms with Crippen molar-refractivity contribution in [2.45, 2.75) is 37.4 Å². The molecule has 2 heterocycles. The lowest BCUT2D eigenvalue weighted by Crippen LogP contribution is -2.62. The van der Waals surface area contributed by atoms with Crippen LogP contribution in [0.4, 0.5) is 5.69 Å². The van der Waals surface area contributed by atoms with E-state index < -0.39 is 24.4 Å². The van der Waals surface area contributed by atoms with E-state index in [0.29, 0.717) is 24.5 Å². The fraction of sp³-hybridized carbons (Fsp3) is 0.320. The summed E-state index contributed by atoms with van der Waals surface area (Å²) in [4.78, 5) is 10.3. The summed E-state index contributed by atoms with van der Waals surface area (Å²) in [5.74, 6) is 0.550. The van der Waals surface area contributed by atoms with E-state index in [-0.39, 0.29) is 13.2 Å². The first kappa shape index (κ1) is 23.8. The van der Waals surface area contributed by atoms with Gasteiger partial charge in [-0.15, -0.1) is 0 Å². The number of aliphatic hydroxyl groups is 4. The molecule has 34 heavy (non-hydrogen) atoms. The zero-order chi connectivity index (χ0) is 24.1. The minimum atomic E-state index is -1.27. The van der Waals surface area contributed by atoms with E-state index in [1.165, 1.54) is 0 Å². The van der Waals surface area contributed by atoms with Gasteiger partial charge in [-0.25, -0.2) is 9.97 Å². The van der Waals surface area contributed by atoms with Crippen LogP contribution in [0.2, 0.25) is 0 Å². The van der Waals surface area contributed by atoms with Gasteiger partial charge in [-0.2, -0.15) is 5.26 Å². The van der Waals surface area contributed by atoms with Gasteiger partial charge in [-0.05, 0) is 35.4 Å². The van der Waals surface area contributed by atoms with Crippen LogP contribution >= 0.6 is 0 Å². The van der Waals surface area contributed by atoms with E-state index in [1.54, 1.807) is 35.5 Å². The Labute approximate surface area is 197 Å². The Balaban J connectivity index is 1.41. The molecule has 0 saturated carbocycles. The average molecular weight is 462 g/mol. The average Bonchev–Trinajstić information content (AvgIpc) is 2.87. The molecule has 176 valence electrons. The van der Waals surface area contributed by atoms with Crippen molar-refractivity contribution in [1.82, 2.24) is 14.9 Å². The number of nitriles is 1. The number of benzene rings is 2. The highest BCUT2D eigenvalue weighted by Crippen LogP contribution is 2.23. The largest absolute Gasteiger partial charge is 0.395 e. The fourth-order valence-corrected chi connectivity index (χ4v) is 4.13. The molecule has 1 saturated heterocycles. The maximum absolute atomic E-state index is 10.2. The second-order valence-corrected chi connectivity index (χ2v) is 8.38. The number of rotatable bonds is 7. The smallest absolute Gasteiger partial charge is 0.159 e. The Hall–Kier alpha value is -3.39. The number of nitrogens with one attached hydrogen (secondary N) is 1. The number of nitrogens with zero attached hydrogens (tertiary/aromatic N) is 4. The first-order chi connectivity index (χ1) is 16.5. The van der Waals surface area contributed by atoms with E-state index in [0.717, 1.165) is 22.4 Å². The van der Waals surface area contributed by atoms with E-state index in [4.69, 9.17) is 0 Å². The van der Waals surface area contributed by atoms with Crippen LogP contribution in [0, 0.1) is 11.3 Å². The third-order valence-corrected chi connectivity index (χ3v) is 6.01. The van der Waals surface area contributed by atoms with Crippen molar-refractivity contribution < 1.29 is 20.4 Å². The predicted molar refractivity (Wildman–Crippen MR) is 125 cm³/mol. The normalized spacial score (nSPS) is 22.8. The second-order valence-electron chi connectivity index (χ2n) is 8.38. The van der Waals surface area contributed by atoms with Gasteiger partial charge in [0, 0.05) is 43.3 Å². The summed E-state index contributed by atoms with van der Waals surface area (Å²) >= 11 is 0. The quantitative estimate of drug-likeness (QED) is 0.346. The van der Waals surface area contributed by atoms with E-state index in [2.05, 4.69) is 21.4 Å². The summed E-state index contributed by atoms with van der Waals surface area (Å²) in [6.45, 7) is 0.807. The van der Waals surface area contributed by atoms with Crippen molar-refractivity contribution in [2.75, 3.05) is 18.5 Å². The monoisotopic (exact) mass is 461 g/mol. The summed E-state index contributed by atoms with van der Waals surface area (Å²) in [5, 5.41) is 52.4. The van der Waals surface area contributed by atoms with Gasteiger partial charge in [0.25, 0.3) is 0 Å². The van der Waals surface area contributed by atoms with Crippen LogP contribution in [0.15, 0.2) is 60.9 Å². The number of likely N-dealkylation sites (tertiary alicyclic amines) is 1. The molecule has 9 heteroatoms. The molecule has 1 aliphatic rings. The number of hydrogen-bond donors (Lipinski definition) is 5. The zero-order valence-corrected chi connectivity index (χ0v) is 18.5. The van der Waals surface area contributed by atoms with Gasteiger partial charge < -0.3 is 25.7 Å². The van der Waals surface area contributed by atoms with Gasteiger partial charge in [0.2, 0.25) is 0 Å². The number of aromatic nitrogens is 2. The molecule has 0 amide bonds. The molecule has 4 atom stereocenters. The molecular formula is C25H27N5O4. The van der Waals surface area contributed by atoms with Gasteiger partial charge in [0.05, 0.1) is 30.4 Å². The molecule has 1 aliphatic heterocycles. The Bertz CT molecular complexity index is 1140. The molecule has 1 aromatic heterocycles. The third kappa shape index (κ3) is 5.39. The standard InChI is InChI=1S/C25H27N5O4/c26-11-18-8-19(25-27-6-1-7-28-25)10-20(9-18)29-12-16-2-4-17(5-3-16)13-30-14-22(32)24(34)23(33)21(30)15-31/h1-10,21-24,29,31-34H,12-15H2/t21-,22+,23-,24-/m1/s1. The molecule has 0 radical (unpaired) electrons. The van der Waals surface area contributed by atoms with E-state index >= 15 is 0 Å². The molecule has 0 aliphatic carbocycles. The molecule has 5 N–H and O–H groups in total. The maximum Gasteiger partial charge on any atom is 0.159 e. The highest BCUT2D eigenvalue weighted by atomic mass is 16.4. The van der Waals surface area contributed by atoms with Gasteiger partial charge in [0.1, 0.15) is 12.2 Å². The summed E-state index contributed by atoms with van der Waals surface area (Å²) in [6.07, 6.45) is -0.238. The molecule has 2 aromatic carbocycles. The number of anilines is 1. The molecule has 1 fully saturated rings. The number of β-amino-alcohol motifs (C(OH)–C–C–N with tert-alkyl or cyclic N) is 1. The second kappa shape index (κ2) is 10.7. The highest BCUT2D eigenvalue weighted by Gasteiger charge is 2.40. The van der Waals surface area contributed by atoms with Crippen molar-refractivity contribution in [3.8, 4) is 17.5 Å². The Morgan fingerprint density at radius 1 is 1.00 bits per heavy atom. The molecule has 9 nitrogen and oxygen atoms in total. The minimum absolute atomic E-state index is 0.162. The van der Waals surface area contributed by atoms with Crippen LogP contribution in [0.1, 0.15) is 16.7 Å². The minimum Gasteiger partial charge on any atom is -0.395 e. The van der Waals surface area contributed by atoms with Gasteiger partial charge in [-0.3, -0.25) is 4.90 Å². The molecule has 0 unspecified atom stereocenters. The lowest BCUT2D eigenvalue weighted by molar-refractivity contribution is -0.147. The maximum atomic E-state index is 10.2. The van der Waals surface area contributed by atoms with E-state index in [1.807, 2.05) is 30.3 Å². The van der Waals surface area contributed by atoms with Crippen molar-refractivity contribution in [2.24, 2.45) is 0 Å². The van der Waals surface area contributed by atoms with E-state index in [9.17, 15) is 25.7 Å². The first-order valence-corrected chi connectivity index (χ1v) is 11.0. The summed E-state index contributed by atoms with van der Waals surface area (Å²) in [6, 6.07) is 16.5. The summed E-state index contributed by atoms with van der Waals surface area (Å²) < 4.78 is 0. The van der Waals surface area contributed by atoms with Crippen LogP contribution in [-0.4, -0.2) is 72.8 Å². The Kier molecular flexibility index (Phi) is 7.47. The highest BCUT2D eigenvalue weighted by molar-refractivity contribution is 5.65. The van der Waals surface area contributed by atoms with Crippen LogP contribution in [0.25, 0.3) is 11.4 Å². The van der Waals surface area contributed by atoms with Gasteiger partial charge in [-0.1, -0.05) is 24.3 Å². The number of hydrogen-bond acceptors (Lipinski definition) is 9. The lowest BCUT2D eigenvalue weighted by Gasteiger charge is -2.43. The summed E-state index contributed by atoms with van der Waals surface area (Å²) in [7, 11) is 0. The third-order valence-electron chi connectivity index (χ3n) is 6.01. The van der Waals surface area contributed by atoms with Crippen LogP contribution < -0.4 is 5.32 Å².